The van der Waals surface area contributed by atoms with E-state index in [0.717, 1.165) is 109 Å². The van der Waals surface area contributed by atoms with E-state index in [1.807, 2.05) is 6.08 Å². The van der Waals surface area contributed by atoms with E-state index in [1.54, 1.807) is 6.08 Å². The van der Waals surface area contributed by atoms with E-state index in [4.69, 9.17) is 0 Å². The SMILES string of the molecule is CC/C=C\C/C=C\C/C=C\C/C=C\C/C=C\C/C=C\C/C=C\C/C=C\C/C=C\CCCCCC(=O)NC(CO)C(O)/C=C/CC/C=C/CC/C=C/CCCC. The predicted molar refractivity (Wildman–Crippen MR) is 243 cm³/mol. The Labute approximate surface area is 338 Å². The summed E-state index contributed by atoms with van der Waals surface area (Å²) in [5, 5.41) is 22.9. The van der Waals surface area contributed by atoms with Crippen LogP contribution < -0.4 is 5.32 Å². The Bertz CT molecular complexity index is 1220. The molecule has 0 heterocycles. The van der Waals surface area contributed by atoms with E-state index in [2.05, 4.69) is 153 Å². The number of rotatable bonds is 36. The number of amides is 1. The van der Waals surface area contributed by atoms with Gasteiger partial charge in [0.1, 0.15) is 0 Å². The minimum absolute atomic E-state index is 0.120. The third kappa shape index (κ3) is 41.3. The normalized spacial score (nSPS) is 14.5. The van der Waals surface area contributed by atoms with Crippen LogP contribution in [-0.4, -0.2) is 34.9 Å². The highest BCUT2D eigenvalue weighted by atomic mass is 16.3. The molecule has 0 aliphatic rings. The van der Waals surface area contributed by atoms with E-state index in [9.17, 15) is 15.0 Å². The number of carbonyl (C=O) groups is 1. The fourth-order valence-electron chi connectivity index (χ4n) is 5.24. The summed E-state index contributed by atoms with van der Waals surface area (Å²) < 4.78 is 0. The molecule has 0 saturated carbocycles. The van der Waals surface area contributed by atoms with Gasteiger partial charge in [-0.1, -0.05) is 179 Å². The summed E-state index contributed by atoms with van der Waals surface area (Å²) in [5.41, 5.74) is 0. The van der Waals surface area contributed by atoms with Crippen LogP contribution in [0.25, 0.3) is 0 Å². The maximum Gasteiger partial charge on any atom is 0.220 e. The fourth-order valence-corrected chi connectivity index (χ4v) is 5.24. The second-order valence-corrected chi connectivity index (χ2v) is 13.7. The topological polar surface area (TPSA) is 69.6 Å². The molecular weight excluding hydrogens is 675 g/mol. The van der Waals surface area contributed by atoms with Crippen LogP contribution in [0.5, 0.6) is 0 Å². The number of nitrogens with one attached hydrogen (secondary N) is 1. The molecule has 0 aliphatic carbocycles. The third-order valence-electron chi connectivity index (χ3n) is 8.53. The van der Waals surface area contributed by atoms with Gasteiger partial charge in [-0.05, 0) is 109 Å². The van der Waals surface area contributed by atoms with Crippen LogP contribution in [0, 0.1) is 0 Å². The summed E-state index contributed by atoms with van der Waals surface area (Å²) in [6.45, 7) is 4.08. The molecule has 55 heavy (non-hydrogen) atoms. The average Bonchev–Trinajstić information content (AvgIpc) is 3.19. The predicted octanol–water partition coefficient (Wildman–Crippen LogP) is 13.7. The molecule has 3 N–H and O–H groups in total. The number of aliphatic hydroxyl groups excluding tert-OH is 2. The lowest BCUT2D eigenvalue weighted by Gasteiger charge is -2.19. The van der Waals surface area contributed by atoms with Crippen molar-refractivity contribution in [2.24, 2.45) is 0 Å². The van der Waals surface area contributed by atoms with E-state index in [0.29, 0.717) is 6.42 Å². The second-order valence-electron chi connectivity index (χ2n) is 13.7. The van der Waals surface area contributed by atoms with Crippen molar-refractivity contribution in [3.63, 3.8) is 0 Å². The lowest BCUT2D eigenvalue weighted by molar-refractivity contribution is -0.123. The summed E-state index contributed by atoms with van der Waals surface area (Å²) in [5.74, 6) is -0.120. The van der Waals surface area contributed by atoms with Crippen LogP contribution in [-0.2, 0) is 4.79 Å². The number of aliphatic hydroxyl groups is 2. The van der Waals surface area contributed by atoms with E-state index >= 15 is 0 Å². The zero-order valence-corrected chi connectivity index (χ0v) is 34.9. The van der Waals surface area contributed by atoms with Crippen LogP contribution in [0.2, 0.25) is 0 Å². The zero-order chi connectivity index (χ0) is 40.0. The van der Waals surface area contributed by atoms with Gasteiger partial charge in [-0.2, -0.15) is 0 Å². The molecule has 0 aromatic carbocycles. The van der Waals surface area contributed by atoms with Crippen molar-refractivity contribution in [1.29, 1.82) is 0 Å². The van der Waals surface area contributed by atoms with Crippen LogP contribution in [0.4, 0.5) is 0 Å². The highest BCUT2D eigenvalue weighted by Crippen LogP contribution is 2.07. The van der Waals surface area contributed by atoms with E-state index < -0.39 is 12.1 Å². The Hall–Kier alpha value is -3.73. The first-order valence-electron chi connectivity index (χ1n) is 21.5. The van der Waals surface area contributed by atoms with Gasteiger partial charge in [0.25, 0.3) is 0 Å². The summed E-state index contributed by atoms with van der Waals surface area (Å²) in [6.07, 6.45) is 72.3. The molecule has 0 bridgehead atoms. The van der Waals surface area contributed by atoms with Gasteiger partial charge < -0.3 is 15.5 Å². The molecule has 0 aliphatic heterocycles. The minimum Gasteiger partial charge on any atom is -0.394 e. The molecule has 4 nitrogen and oxygen atoms in total. The molecule has 2 atom stereocenters. The monoisotopic (exact) mass is 754 g/mol. The van der Waals surface area contributed by atoms with Crippen molar-refractivity contribution in [3.8, 4) is 0 Å². The Morgan fingerprint density at radius 3 is 1.24 bits per heavy atom. The standard InChI is InChI=1S/C51H79NO3/c1-3-5-7-9-11-13-15-17-18-19-20-21-22-23-24-25-26-27-28-29-30-31-32-33-34-35-37-39-41-43-45-47-51(55)52-49(48-53)50(54)46-44-42-40-38-36-16-14-12-10-8-6-4-2/h5,7,10-13,17-18,20-21,23-24,26-27,29-30,32-33,35-38,44,46,49-50,53-54H,3-4,6,8-9,14-16,19,22,25,28,31,34,39-43,45,47-48H2,1-2H3,(H,52,55)/b7-5-,12-10+,13-11-,18-17-,21-20-,24-23-,27-26-,30-29-,33-32-,37-35-,38-36+,46-44+. The lowest BCUT2D eigenvalue weighted by Crippen LogP contribution is -2.45. The van der Waals surface area contributed by atoms with Crippen LogP contribution in [0.1, 0.15) is 149 Å². The Morgan fingerprint density at radius 1 is 0.455 bits per heavy atom. The molecule has 0 radical (unpaired) electrons. The van der Waals surface area contributed by atoms with E-state index in [1.165, 1.54) is 19.3 Å². The molecule has 0 spiro atoms. The largest absolute Gasteiger partial charge is 0.394 e. The first kappa shape index (κ1) is 51.3. The van der Waals surface area contributed by atoms with Crippen LogP contribution in [0.3, 0.4) is 0 Å². The van der Waals surface area contributed by atoms with E-state index in [-0.39, 0.29) is 12.5 Å². The molecule has 0 rings (SSSR count). The summed E-state index contributed by atoms with van der Waals surface area (Å²) >= 11 is 0. The number of hydrogen-bond acceptors (Lipinski definition) is 3. The Balaban J connectivity index is 3.80. The molecule has 4 heteroatoms. The minimum atomic E-state index is -0.894. The zero-order valence-electron chi connectivity index (χ0n) is 34.9. The Morgan fingerprint density at radius 2 is 0.818 bits per heavy atom. The lowest BCUT2D eigenvalue weighted by atomic mass is 10.1. The quantitative estimate of drug-likeness (QED) is 0.0441. The molecule has 306 valence electrons. The van der Waals surface area contributed by atoms with Crippen molar-refractivity contribution in [2.75, 3.05) is 6.61 Å². The summed E-state index contributed by atoms with van der Waals surface area (Å²) in [7, 11) is 0. The first-order chi connectivity index (χ1) is 27.2. The van der Waals surface area contributed by atoms with Gasteiger partial charge in [0.05, 0.1) is 18.8 Å². The average molecular weight is 754 g/mol. The number of unbranched alkanes of at least 4 members (excludes halogenated alkanes) is 7. The van der Waals surface area contributed by atoms with Crippen molar-refractivity contribution < 1.29 is 15.0 Å². The van der Waals surface area contributed by atoms with Crippen molar-refractivity contribution in [2.45, 2.75) is 161 Å². The fraction of sp³-hybridized carbons (Fsp3) is 0.510. The number of carbonyl (C=O) groups excluding carboxylic acids is 1. The molecule has 2 unspecified atom stereocenters. The molecule has 0 aromatic rings. The number of hydrogen-bond donors (Lipinski definition) is 3. The van der Waals surface area contributed by atoms with Gasteiger partial charge >= 0.3 is 0 Å². The van der Waals surface area contributed by atoms with Gasteiger partial charge in [-0.15, -0.1) is 0 Å². The second kappa shape index (κ2) is 44.7. The number of allylic oxidation sites excluding steroid dienone is 23. The maximum absolute atomic E-state index is 12.3. The van der Waals surface area contributed by atoms with Crippen molar-refractivity contribution in [1.82, 2.24) is 5.32 Å². The van der Waals surface area contributed by atoms with Gasteiger partial charge in [-0.25, -0.2) is 0 Å². The molecular formula is C51H79NO3. The summed E-state index contributed by atoms with van der Waals surface area (Å²) in [6, 6.07) is -0.673. The van der Waals surface area contributed by atoms with Crippen molar-refractivity contribution in [3.05, 3.63) is 146 Å². The molecule has 0 aromatic heterocycles. The molecule has 1 amide bonds. The highest BCUT2D eigenvalue weighted by Gasteiger charge is 2.17. The van der Waals surface area contributed by atoms with Crippen LogP contribution in [0.15, 0.2) is 146 Å². The van der Waals surface area contributed by atoms with Gasteiger partial charge in [0.2, 0.25) is 5.91 Å². The van der Waals surface area contributed by atoms with Gasteiger partial charge in [0, 0.05) is 6.42 Å². The smallest absolute Gasteiger partial charge is 0.220 e. The highest BCUT2D eigenvalue weighted by molar-refractivity contribution is 5.76. The maximum atomic E-state index is 12.3. The Kier molecular flexibility index (Phi) is 41.6. The van der Waals surface area contributed by atoms with Gasteiger partial charge in [-0.3, -0.25) is 4.79 Å². The molecule has 0 saturated heterocycles. The molecule has 0 fully saturated rings. The third-order valence-corrected chi connectivity index (χ3v) is 8.53. The van der Waals surface area contributed by atoms with Gasteiger partial charge in [0.15, 0.2) is 0 Å². The summed E-state index contributed by atoms with van der Waals surface area (Å²) in [4.78, 5) is 12.3. The first-order valence-corrected chi connectivity index (χ1v) is 21.5. The van der Waals surface area contributed by atoms with Crippen LogP contribution >= 0.6 is 0 Å². The van der Waals surface area contributed by atoms with Crippen molar-refractivity contribution >= 4 is 5.91 Å².